The number of hydrogen-bond donors (Lipinski definition) is 0. The summed E-state index contributed by atoms with van der Waals surface area (Å²) in [5.74, 6) is -0.337. The summed E-state index contributed by atoms with van der Waals surface area (Å²) in [6.45, 7) is 10.2. The Balaban J connectivity index is 0.00000108. The third-order valence-electron chi connectivity index (χ3n) is 5.02. The average molecular weight is 531 g/mol. The van der Waals surface area contributed by atoms with Crippen LogP contribution in [0.3, 0.4) is 0 Å². The topological polar surface area (TPSA) is 77.7 Å². The number of rotatable bonds is 6. The lowest BCUT2D eigenvalue weighted by atomic mass is 10.0. The van der Waals surface area contributed by atoms with Crippen LogP contribution in [0.1, 0.15) is 42.1 Å². The fourth-order valence-corrected chi connectivity index (χ4v) is 6.01. The molecular weight excluding hydrogens is 507 g/mol. The van der Waals surface area contributed by atoms with Crippen LogP contribution in [0, 0.1) is 26.6 Å². The summed E-state index contributed by atoms with van der Waals surface area (Å²) < 4.78 is 17.4. The third-order valence-corrected chi connectivity index (χ3v) is 7.52. The SMILES string of the molecule is Cc1ccc(Cc2cn(-c3nc(-c4cc(Cl)ccc4F)c(SC(C)C)s3)nc2C)c(C)n1.O=C=O. The molecule has 35 heavy (non-hydrogen) atoms. The molecular formula is C25H24ClFN4O2S2. The molecule has 0 unspecified atom stereocenters. The number of nitrogens with zero attached hydrogens (tertiary/aromatic N) is 4. The van der Waals surface area contributed by atoms with Crippen LogP contribution in [-0.2, 0) is 16.0 Å². The normalized spacial score (nSPS) is 10.7. The quantitative estimate of drug-likeness (QED) is 0.261. The maximum atomic E-state index is 14.6. The zero-order chi connectivity index (χ0) is 25.7. The smallest absolute Gasteiger partial charge is 0.258 e. The Morgan fingerprint density at radius 2 is 1.80 bits per heavy atom. The maximum Gasteiger partial charge on any atom is 0.373 e. The number of hydrogen-bond acceptors (Lipinski definition) is 7. The largest absolute Gasteiger partial charge is 0.373 e. The van der Waals surface area contributed by atoms with Crippen molar-refractivity contribution in [3.8, 4) is 16.4 Å². The van der Waals surface area contributed by atoms with Crippen molar-refractivity contribution in [1.29, 1.82) is 0 Å². The zero-order valence-electron chi connectivity index (χ0n) is 19.9. The number of thiazole rings is 1. The number of aromatic nitrogens is 4. The van der Waals surface area contributed by atoms with E-state index < -0.39 is 0 Å². The molecule has 0 atom stereocenters. The van der Waals surface area contributed by atoms with E-state index in [-0.39, 0.29) is 12.0 Å². The molecule has 3 aromatic heterocycles. The predicted molar refractivity (Wildman–Crippen MR) is 137 cm³/mol. The van der Waals surface area contributed by atoms with E-state index in [2.05, 4.69) is 24.9 Å². The first-order valence-corrected chi connectivity index (χ1v) is 12.8. The molecule has 4 rings (SSSR count). The van der Waals surface area contributed by atoms with E-state index in [1.165, 1.54) is 23.0 Å². The van der Waals surface area contributed by atoms with Gasteiger partial charge in [-0.15, -0.1) is 11.8 Å². The van der Waals surface area contributed by atoms with E-state index in [9.17, 15) is 4.39 Å². The lowest BCUT2D eigenvalue weighted by Crippen LogP contribution is -1.96. The van der Waals surface area contributed by atoms with E-state index in [4.69, 9.17) is 31.3 Å². The Labute approximate surface area is 216 Å². The van der Waals surface area contributed by atoms with Gasteiger partial charge in [-0.25, -0.2) is 14.1 Å². The molecule has 0 radical (unpaired) electrons. The van der Waals surface area contributed by atoms with Gasteiger partial charge in [0, 0.05) is 39.8 Å². The summed E-state index contributed by atoms with van der Waals surface area (Å²) in [6.07, 6.45) is 3.01. The Morgan fingerprint density at radius 3 is 2.46 bits per heavy atom. The number of carbonyl (C=O) groups excluding carboxylic acids is 2. The van der Waals surface area contributed by atoms with Crippen LogP contribution < -0.4 is 0 Å². The van der Waals surface area contributed by atoms with Gasteiger partial charge in [-0.1, -0.05) is 42.9 Å². The molecule has 0 bridgehead atoms. The van der Waals surface area contributed by atoms with E-state index in [0.717, 1.165) is 33.3 Å². The molecule has 0 aliphatic carbocycles. The molecule has 0 aliphatic rings. The molecule has 0 amide bonds. The van der Waals surface area contributed by atoms with Crippen molar-refractivity contribution in [2.75, 3.05) is 0 Å². The van der Waals surface area contributed by atoms with Gasteiger partial charge in [0.05, 0.1) is 9.90 Å². The van der Waals surface area contributed by atoms with Gasteiger partial charge >= 0.3 is 6.15 Å². The lowest BCUT2D eigenvalue weighted by Gasteiger charge is -2.06. The molecule has 10 heteroatoms. The second-order valence-corrected chi connectivity index (χ2v) is 11.3. The Bertz CT molecular complexity index is 1380. The minimum Gasteiger partial charge on any atom is -0.258 e. The monoisotopic (exact) mass is 530 g/mol. The maximum absolute atomic E-state index is 14.6. The standard InChI is InChI=1S/C24H24ClFN4S2.CO2/c1-13(2)31-23-22(20-11-19(25)8-9-21(20)26)28-24(32-23)30-12-18(16(5)29-30)10-17-7-6-14(3)27-15(17)4;2-1-3/h6-9,11-13H,10H2,1-5H3;. The number of halogens is 2. The van der Waals surface area contributed by atoms with Gasteiger partial charge in [-0.3, -0.25) is 4.98 Å². The van der Waals surface area contributed by atoms with Crippen LogP contribution >= 0.6 is 34.7 Å². The van der Waals surface area contributed by atoms with Crippen molar-refractivity contribution in [2.24, 2.45) is 0 Å². The second kappa shape index (κ2) is 11.7. The van der Waals surface area contributed by atoms with Crippen molar-refractivity contribution >= 4 is 40.9 Å². The molecule has 0 saturated carbocycles. The highest BCUT2D eigenvalue weighted by molar-refractivity contribution is 8.01. The van der Waals surface area contributed by atoms with Crippen LogP contribution in [-0.4, -0.2) is 31.1 Å². The minimum absolute atomic E-state index is 0.250. The Hall–Kier alpha value is -2.84. The molecule has 6 nitrogen and oxygen atoms in total. The highest BCUT2D eigenvalue weighted by Gasteiger charge is 2.20. The molecule has 3 heterocycles. The molecule has 0 fully saturated rings. The fourth-order valence-electron chi connectivity index (χ4n) is 3.41. The first-order valence-electron chi connectivity index (χ1n) is 10.7. The molecule has 4 aromatic rings. The van der Waals surface area contributed by atoms with Gasteiger partial charge in [0.25, 0.3) is 0 Å². The summed E-state index contributed by atoms with van der Waals surface area (Å²) in [4.78, 5) is 25.6. The number of aryl methyl sites for hydroxylation is 3. The summed E-state index contributed by atoms with van der Waals surface area (Å²) in [6, 6.07) is 8.72. The second-order valence-electron chi connectivity index (χ2n) is 8.06. The number of thioether (sulfide) groups is 1. The van der Waals surface area contributed by atoms with Crippen molar-refractivity contribution in [3.63, 3.8) is 0 Å². The summed E-state index contributed by atoms with van der Waals surface area (Å²) in [5, 5.41) is 6.22. The average Bonchev–Trinajstić information content (AvgIpc) is 3.35. The highest BCUT2D eigenvalue weighted by atomic mass is 35.5. The van der Waals surface area contributed by atoms with Gasteiger partial charge in [0.2, 0.25) is 5.13 Å². The molecule has 182 valence electrons. The van der Waals surface area contributed by atoms with Gasteiger partial charge in [0.15, 0.2) is 0 Å². The minimum atomic E-state index is -0.337. The molecule has 0 N–H and O–H groups in total. The predicted octanol–water partition coefficient (Wildman–Crippen LogP) is 6.62. The van der Waals surface area contributed by atoms with Gasteiger partial charge in [0.1, 0.15) is 11.5 Å². The summed E-state index contributed by atoms with van der Waals surface area (Å²) in [7, 11) is 0. The van der Waals surface area contributed by atoms with Gasteiger partial charge < -0.3 is 0 Å². The lowest BCUT2D eigenvalue weighted by molar-refractivity contribution is -0.191. The summed E-state index contributed by atoms with van der Waals surface area (Å²) in [5.41, 5.74) is 6.29. The van der Waals surface area contributed by atoms with E-state index >= 15 is 0 Å². The number of benzene rings is 1. The van der Waals surface area contributed by atoms with E-state index in [1.807, 2.05) is 33.0 Å². The highest BCUT2D eigenvalue weighted by Crippen LogP contribution is 2.41. The van der Waals surface area contributed by atoms with Crippen LogP contribution in [0.15, 0.2) is 40.7 Å². The van der Waals surface area contributed by atoms with Crippen molar-refractivity contribution < 1.29 is 14.0 Å². The van der Waals surface area contributed by atoms with Crippen LogP contribution in [0.5, 0.6) is 0 Å². The van der Waals surface area contributed by atoms with Crippen LogP contribution in [0.4, 0.5) is 4.39 Å². The van der Waals surface area contributed by atoms with E-state index in [0.29, 0.717) is 26.7 Å². The van der Waals surface area contributed by atoms with Crippen molar-refractivity contribution in [2.45, 2.75) is 50.5 Å². The Morgan fingerprint density at radius 1 is 1.09 bits per heavy atom. The van der Waals surface area contributed by atoms with Gasteiger partial charge in [-0.2, -0.15) is 14.7 Å². The Kier molecular flexibility index (Phi) is 8.97. The molecule has 0 spiro atoms. The summed E-state index contributed by atoms with van der Waals surface area (Å²) >= 11 is 9.33. The zero-order valence-corrected chi connectivity index (χ0v) is 22.3. The first kappa shape index (κ1) is 26.8. The van der Waals surface area contributed by atoms with Crippen molar-refractivity contribution in [3.05, 3.63) is 75.6 Å². The molecule has 0 saturated heterocycles. The number of pyridine rings is 1. The third kappa shape index (κ3) is 6.64. The van der Waals surface area contributed by atoms with Crippen LogP contribution in [0.2, 0.25) is 5.02 Å². The first-order chi connectivity index (χ1) is 16.6. The fraction of sp³-hybridized carbons (Fsp3) is 0.280. The molecule has 0 aliphatic heterocycles. The van der Waals surface area contributed by atoms with Crippen LogP contribution in [0.25, 0.3) is 16.4 Å². The van der Waals surface area contributed by atoms with E-state index in [1.54, 1.807) is 28.6 Å². The van der Waals surface area contributed by atoms with Gasteiger partial charge in [-0.05, 0) is 56.2 Å². The molecule has 1 aromatic carbocycles. The van der Waals surface area contributed by atoms with Crippen molar-refractivity contribution in [1.82, 2.24) is 19.7 Å².